The zero-order valence-corrected chi connectivity index (χ0v) is 11.0. The molecule has 102 valence electrons. The van der Waals surface area contributed by atoms with Crippen molar-refractivity contribution in [2.24, 2.45) is 0 Å². The Labute approximate surface area is 116 Å². The van der Waals surface area contributed by atoms with Crippen LogP contribution in [-0.4, -0.2) is 29.8 Å². The molecule has 0 atom stereocenters. The molecule has 1 amide bonds. The zero-order valence-electron chi connectivity index (χ0n) is 11.0. The molecule has 0 saturated carbocycles. The molecule has 1 aliphatic heterocycles. The first kappa shape index (κ1) is 12.4. The number of aromatic nitrogens is 2. The summed E-state index contributed by atoms with van der Waals surface area (Å²) in [5, 5.41) is 13.9. The van der Waals surface area contributed by atoms with Crippen LogP contribution in [0.2, 0.25) is 0 Å². The second-order valence-corrected chi connectivity index (χ2v) is 4.41. The number of anilines is 2. The van der Waals surface area contributed by atoms with E-state index in [1.54, 1.807) is 7.05 Å². The van der Waals surface area contributed by atoms with Crippen molar-refractivity contribution in [3.8, 4) is 17.0 Å². The summed E-state index contributed by atoms with van der Waals surface area (Å²) >= 11 is 0. The Balaban J connectivity index is 1.96. The van der Waals surface area contributed by atoms with Crippen LogP contribution in [0.1, 0.15) is 6.42 Å². The Hall–Kier alpha value is -2.63. The van der Waals surface area contributed by atoms with Crippen molar-refractivity contribution in [1.29, 1.82) is 0 Å². The number of carbonyl (C=O) groups is 1. The molecule has 0 spiro atoms. The molecule has 1 aromatic heterocycles. The molecule has 2 heterocycles. The van der Waals surface area contributed by atoms with Crippen molar-refractivity contribution in [3.63, 3.8) is 0 Å². The third kappa shape index (κ3) is 2.40. The second-order valence-electron chi connectivity index (χ2n) is 4.41. The predicted octanol–water partition coefficient (Wildman–Crippen LogP) is 1.91. The fraction of sp³-hybridized carbons (Fsp3) is 0.214. The summed E-state index contributed by atoms with van der Waals surface area (Å²) in [6, 6.07) is 9.31. The first-order chi connectivity index (χ1) is 9.76. The van der Waals surface area contributed by atoms with E-state index in [0.717, 1.165) is 11.3 Å². The van der Waals surface area contributed by atoms with Gasteiger partial charge in [-0.2, -0.15) is 0 Å². The zero-order chi connectivity index (χ0) is 13.9. The lowest BCUT2D eigenvalue weighted by Gasteiger charge is -2.09. The number of nitrogens with zero attached hydrogens (tertiary/aromatic N) is 2. The first-order valence-electron chi connectivity index (χ1n) is 6.35. The van der Waals surface area contributed by atoms with Crippen molar-refractivity contribution >= 4 is 17.4 Å². The number of ether oxygens (including phenoxy) is 1. The molecule has 3 rings (SSSR count). The van der Waals surface area contributed by atoms with E-state index in [4.69, 9.17) is 4.74 Å². The molecule has 1 aromatic carbocycles. The molecular weight excluding hydrogens is 256 g/mol. The summed E-state index contributed by atoms with van der Waals surface area (Å²) in [5.74, 6) is 1.34. The molecule has 0 bridgehead atoms. The van der Waals surface area contributed by atoms with Gasteiger partial charge in [-0.1, -0.05) is 0 Å². The van der Waals surface area contributed by atoms with Gasteiger partial charge in [0.25, 0.3) is 0 Å². The smallest absolute Gasteiger partial charge is 0.227 e. The minimum Gasteiger partial charge on any atom is -0.491 e. The van der Waals surface area contributed by atoms with Gasteiger partial charge in [-0.15, -0.1) is 10.2 Å². The van der Waals surface area contributed by atoms with Crippen LogP contribution in [0.5, 0.6) is 5.75 Å². The highest BCUT2D eigenvalue weighted by Gasteiger charge is 2.14. The molecule has 1 aliphatic rings. The van der Waals surface area contributed by atoms with Crippen LogP contribution in [0, 0.1) is 0 Å². The minimum absolute atomic E-state index is 0.0440. The molecule has 0 radical (unpaired) electrons. The number of carbonyl (C=O) groups excluding carboxylic acids is 1. The third-order valence-corrected chi connectivity index (χ3v) is 3.06. The number of hydrogen-bond donors (Lipinski definition) is 2. The van der Waals surface area contributed by atoms with Crippen LogP contribution in [0.15, 0.2) is 30.3 Å². The monoisotopic (exact) mass is 270 g/mol. The Morgan fingerprint density at radius 2 is 2.15 bits per heavy atom. The maximum absolute atomic E-state index is 11.5. The third-order valence-electron chi connectivity index (χ3n) is 3.06. The first-order valence-corrected chi connectivity index (χ1v) is 6.35. The SMILES string of the molecule is CNc1ccc(-c2ccc3c(c2)NC(=O)CCO3)nn1. The van der Waals surface area contributed by atoms with Crippen LogP contribution in [0.4, 0.5) is 11.5 Å². The molecule has 0 unspecified atom stereocenters. The highest BCUT2D eigenvalue weighted by atomic mass is 16.5. The second kappa shape index (κ2) is 5.16. The number of hydrogen-bond acceptors (Lipinski definition) is 5. The van der Waals surface area contributed by atoms with Gasteiger partial charge < -0.3 is 15.4 Å². The average molecular weight is 270 g/mol. The van der Waals surface area contributed by atoms with Gasteiger partial charge in [-0.25, -0.2) is 0 Å². The van der Waals surface area contributed by atoms with Gasteiger partial charge >= 0.3 is 0 Å². The lowest BCUT2D eigenvalue weighted by atomic mass is 10.1. The molecular formula is C14H14N4O2. The van der Waals surface area contributed by atoms with Crippen LogP contribution in [0.3, 0.4) is 0 Å². The highest BCUT2D eigenvalue weighted by molar-refractivity contribution is 5.94. The molecule has 2 N–H and O–H groups in total. The Morgan fingerprint density at radius 3 is 2.90 bits per heavy atom. The van der Waals surface area contributed by atoms with Gasteiger partial charge in [0, 0.05) is 12.6 Å². The standard InChI is InChI=1S/C14H14N4O2/c1-15-13-5-3-10(17-18-13)9-2-4-12-11(8-9)16-14(19)6-7-20-12/h2-5,8H,6-7H2,1H3,(H,15,18)(H,16,19). The fourth-order valence-electron chi connectivity index (χ4n) is 2.00. The Kier molecular flexibility index (Phi) is 3.20. The maximum atomic E-state index is 11.5. The number of rotatable bonds is 2. The van der Waals surface area contributed by atoms with Crippen molar-refractivity contribution in [3.05, 3.63) is 30.3 Å². The maximum Gasteiger partial charge on any atom is 0.227 e. The number of amides is 1. The van der Waals surface area contributed by atoms with Gasteiger partial charge in [0.1, 0.15) is 11.6 Å². The number of fused-ring (bicyclic) bond motifs is 1. The quantitative estimate of drug-likeness (QED) is 0.871. The number of nitrogens with one attached hydrogen (secondary N) is 2. The van der Waals surface area contributed by atoms with Gasteiger partial charge in [0.2, 0.25) is 5.91 Å². The van der Waals surface area contributed by atoms with Gasteiger partial charge in [0.05, 0.1) is 24.4 Å². The topological polar surface area (TPSA) is 76.1 Å². The van der Waals surface area contributed by atoms with Gasteiger partial charge in [0.15, 0.2) is 0 Å². The van der Waals surface area contributed by atoms with E-state index in [0.29, 0.717) is 30.3 Å². The summed E-state index contributed by atoms with van der Waals surface area (Å²) in [4.78, 5) is 11.5. The van der Waals surface area contributed by atoms with Crippen molar-refractivity contribution < 1.29 is 9.53 Å². The molecule has 6 nitrogen and oxygen atoms in total. The van der Waals surface area contributed by atoms with Crippen LogP contribution in [0.25, 0.3) is 11.3 Å². The largest absolute Gasteiger partial charge is 0.491 e. The molecule has 0 fully saturated rings. The Morgan fingerprint density at radius 1 is 1.25 bits per heavy atom. The summed E-state index contributed by atoms with van der Waals surface area (Å²) < 4.78 is 5.52. The molecule has 0 aliphatic carbocycles. The fourth-order valence-corrected chi connectivity index (χ4v) is 2.00. The average Bonchev–Trinajstić information content (AvgIpc) is 2.67. The van der Waals surface area contributed by atoms with Crippen LogP contribution < -0.4 is 15.4 Å². The van der Waals surface area contributed by atoms with E-state index in [9.17, 15) is 4.79 Å². The van der Waals surface area contributed by atoms with E-state index in [1.807, 2.05) is 30.3 Å². The van der Waals surface area contributed by atoms with Crippen molar-refractivity contribution in [2.75, 3.05) is 24.3 Å². The van der Waals surface area contributed by atoms with E-state index in [2.05, 4.69) is 20.8 Å². The summed E-state index contributed by atoms with van der Waals surface area (Å²) in [5.41, 5.74) is 2.29. The Bertz CT molecular complexity index is 640. The van der Waals surface area contributed by atoms with Crippen molar-refractivity contribution in [1.82, 2.24) is 10.2 Å². The number of benzene rings is 1. The molecule has 6 heteroatoms. The van der Waals surface area contributed by atoms with Gasteiger partial charge in [-0.05, 0) is 30.3 Å². The van der Waals surface area contributed by atoms with E-state index >= 15 is 0 Å². The van der Waals surface area contributed by atoms with E-state index in [-0.39, 0.29) is 5.91 Å². The lowest BCUT2D eigenvalue weighted by Crippen LogP contribution is -2.10. The lowest BCUT2D eigenvalue weighted by molar-refractivity contribution is -0.116. The molecule has 2 aromatic rings. The van der Waals surface area contributed by atoms with Crippen molar-refractivity contribution in [2.45, 2.75) is 6.42 Å². The van der Waals surface area contributed by atoms with E-state index in [1.165, 1.54) is 0 Å². The van der Waals surface area contributed by atoms with Crippen LogP contribution in [-0.2, 0) is 4.79 Å². The normalized spacial score (nSPS) is 13.8. The highest BCUT2D eigenvalue weighted by Crippen LogP contribution is 2.31. The van der Waals surface area contributed by atoms with Crippen LogP contribution >= 0.6 is 0 Å². The summed E-state index contributed by atoms with van der Waals surface area (Å²) in [7, 11) is 1.79. The van der Waals surface area contributed by atoms with E-state index < -0.39 is 0 Å². The molecule has 20 heavy (non-hydrogen) atoms. The summed E-state index contributed by atoms with van der Waals surface area (Å²) in [6.45, 7) is 0.398. The van der Waals surface area contributed by atoms with Gasteiger partial charge in [-0.3, -0.25) is 4.79 Å². The summed E-state index contributed by atoms with van der Waals surface area (Å²) in [6.07, 6.45) is 0.362. The molecule has 0 saturated heterocycles. The predicted molar refractivity (Wildman–Crippen MR) is 75.8 cm³/mol. The minimum atomic E-state index is -0.0440.